The molecule has 2 unspecified atom stereocenters. The van der Waals surface area contributed by atoms with Crippen LogP contribution in [0.4, 0.5) is 0 Å². The molecule has 1 N–H and O–H groups in total. The molecule has 0 aliphatic carbocycles. The quantitative estimate of drug-likeness (QED) is 0.0211. The zero-order chi connectivity index (χ0) is 66.1. The van der Waals surface area contributed by atoms with E-state index in [2.05, 4.69) is 208 Å². The van der Waals surface area contributed by atoms with Gasteiger partial charge in [-0.2, -0.15) is 0 Å². The lowest BCUT2D eigenvalue weighted by Gasteiger charge is -2.25. The van der Waals surface area contributed by atoms with Crippen molar-refractivity contribution in [2.45, 2.75) is 257 Å². The van der Waals surface area contributed by atoms with Gasteiger partial charge in [0.15, 0.2) is 6.10 Å². The molecule has 2 atom stereocenters. The van der Waals surface area contributed by atoms with Crippen molar-refractivity contribution >= 4 is 17.9 Å². The van der Waals surface area contributed by atoms with Gasteiger partial charge in [0, 0.05) is 12.8 Å². The highest BCUT2D eigenvalue weighted by molar-refractivity contribution is 5.71. The molecule has 0 aliphatic heterocycles. The molecular formula is C82H130NO8+. The highest BCUT2D eigenvalue weighted by atomic mass is 16.7. The summed E-state index contributed by atoms with van der Waals surface area (Å²) in [6.45, 7) is 4.61. The standard InChI is InChI=1S/C82H129NO8/c1-6-8-10-12-14-16-18-20-22-24-26-28-30-32-34-35-36-37-38-39-40-41-42-43-44-45-47-49-51-53-55-57-59-61-63-65-67-69-71-73-80(85)91-78(77-90-82(81(86)87)88-75-74-83(3,4)5)76-89-79(84)72-70-68-66-64-62-60-58-56-54-52-50-48-46-33-31-29-27-25-23-21-19-17-15-13-11-9-7-2/h8-11,14-17,20-23,26-29,32-34,36-37,39-40,42-43,45-47,50-53,78,82H,6-7,12-13,18-19,24-25,30-31,35,38,41,44,48-49,54-77H2,1-5H3/p+1/b10-8-,11-9-,16-14-,17-15-,22-20-,23-21-,28-26-,29-27-,34-32-,37-36-,40-39-,43-42-,46-33-,47-45-,52-50-,53-51-. The highest BCUT2D eigenvalue weighted by Gasteiger charge is 2.25. The van der Waals surface area contributed by atoms with Crippen molar-refractivity contribution in [2.75, 3.05) is 47.5 Å². The number of carbonyl (C=O) groups excluding carboxylic acids is 2. The molecule has 0 radical (unpaired) electrons. The van der Waals surface area contributed by atoms with Crippen molar-refractivity contribution in [3.63, 3.8) is 0 Å². The largest absolute Gasteiger partial charge is 0.477 e. The fourth-order valence-corrected chi connectivity index (χ4v) is 8.99. The zero-order valence-corrected chi connectivity index (χ0v) is 58.2. The van der Waals surface area contributed by atoms with Crippen LogP contribution in [-0.4, -0.2) is 87.4 Å². The first-order valence-electron chi connectivity index (χ1n) is 35.6. The Balaban J connectivity index is 4.23. The summed E-state index contributed by atoms with van der Waals surface area (Å²) in [7, 11) is 5.96. The maximum atomic E-state index is 13.0. The fourth-order valence-electron chi connectivity index (χ4n) is 8.99. The van der Waals surface area contributed by atoms with E-state index in [4.69, 9.17) is 18.9 Å². The van der Waals surface area contributed by atoms with E-state index in [1.807, 2.05) is 21.1 Å². The second kappa shape index (κ2) is 70.0. The summed E-state index contributed by atoms with van der Waals surface area (Å²) in [5.74, 6) is -2.05. The van der Waals surface area contributed by atoms with E-state index < -0.39 is 24.3 Å². The lowest BCUT2D eigenvalue weighted by molar-refractivity contribution is -0.870. The minimum atomic E-state index is -1.53. The Hall–Kier alpha value is -5.87. The van der Waals surface area contributed by atoms with Crippen molar-refractivity contribution in [1.82, 2.24) is 0 Å². The number of allylic oxidation sites excluding steroid dienone is 32. The van der Waals surface area contributed by atoms with Crippen LogP contribution in [-0.2, 0) is 33.3 Å². The van der Waals surface area contributed by atoms with E-state index >= 15 is 0 Å². The smallest absolute Gasteiger partial charge is 0.361 e. The van der Waals surface area contributed by atoms with E-state index in [0.717, 1.165) is 161 Å². The van der Waals surface area contributed by atoms with Crippen LogP contribution in [0.25, 0.3) is 0 Å². The molecule has 0 aromatic carbocycles. The minimum Gasteiger partial charge on any atom is -0.477 e. The van der Waals surface area contributed by atoms with E-state index in [0.29, 0.717) is 17.4 Å². The van der Waals surface area contributed by atoms with Crippen molar-refractivity contribution < 1.29 is 42.9 Å². The van der Waals surface area contributed by atoms with Crippen molar-refractivity contribution in [3.8, 4) is 0 Å². The molecule has 510 valence electrons. The normalized spacial score (nSPS) is 13.9. The lowest BCUT2D eigenvalue weighted by atomic mass is 10.1. The third kappa shape index (κ3) is 71.4. The molecule has 0 bridgehead atoms. The number of likely N-dealkylation sites (N-methyl/N-ethyl adjacent to an activating group) is 1. The average Bonchev–Trinajstić information content (AvgIpc) is 3.46. The van der Waals surface area contributed by atoms with Gasteiger partial charge in [-0.25, -0.2) is 4.79 Å². The Bertz CT molecular complexity index is 2200. The molecule has 0 saturated heterocycles. The van der Waals surface area contributed by atoms with E-state index in [1.54, 1.807) is 0 Å². The molecule has 9 heteroatoms. The number of hydrogen-bond acceptors (Lipinski definition) is 7. The molecule has 91 heavy (non-hydrogen) atoms. The molecule has 9 nitrogen and oxygen atoms in total. The Morgan fingerprint density at radius 2 is 0.593 bits per heavy atom. The number of nitrogens with zero attached hydrogens (tertiary/aromatic N) is 1. The maximum absolute atomic E-state index is 13.0. The van der Waals surface area contributed by atoms with E-state index in [9.17, 15) is 19.5 Å². The van der Waals surface area contributed by atoms with Gasteiger partial charge in [0.2, 0.25) is 0 Å². The summed E-state index contributed by atoms with van der Waals surface area (Å²) in [4.78, 5) is 37.6. The topological polar surface area (TPSA) is 108 Å². The van der Waals surface area contributed by atoms with Crippen LogP contribution in [0, 0.1) is 0 Å². The summed E-state index contributed by atoms with van der Waals surface area (Å²) in [6, 6.07) is 0. The van der Waals surface area contributed by atoms with E-state index in [-0.39, 0.29) is 38.6 Å². The van der Waals surface area contributed by atoms with Crippen molar-refractivity contribution in [1.29, 1.82) is 0 Å². The number of carbonyl (C=O) groups is 3. The Kier molecular flexibility index (Phi) is 65.5. The predicted molar refractivity (Wildman–Crippen MR) is 391 cm³/mol. The predicted octanol–water partition coefficient (Wildman–Crippen LogP) is 22.6. The Morgan fingerprint density at radius 1 is 0.330 bits per heavy atom. The Labute approximate surface area is 557 Å². The summed E-state index contributed by atoms with van der Waals surface area (Å²) in [5, 5.41) is 9.75. The van der Waals surface area contributed by atoms with Gasteiger partial charge in [-0.15, -0.1) is 0 Å². The van der Waals surface area contributed by atoms with Gasteiger partial charge in [0.25, 0.3) is 6.29 Å². The number of carboxylic acid groups (broad SMARTS) is 1. The van der Waals surface area contributed by atoms with Gasteiger partial charge in [0.05, 0.1) is 34.4 Å². The number of quaternary nitrogens is 1. The second-order valence-corrected chi connectivity index (χ2v) is 24.1. The SMILES string of the molecule is CC/C=C\C/C=C\C/C=C\C/C=C\C/C=C\C/C=C\C/C=C\C/C=C\C/C=C\C/C=C\CCCCCCCCCCC(=O)OC(COC(=O)CCCCCCCCCC/C=C\C/C=C\C/C=C\C/C=C\C/C=C\C/C=C\CC)COC(OCC[N+](C)(C)C)C(=O)O. The number of aliphatic carboxylic acids is 1. The average molecular weight is 1260 g/mol. The Morgan fingerprint density at radius 3 is 0.879 bits per heavy atom. The minimum absolute atomic E-state index is 0.174. The van der Waals surface area contributed by atoms with Gasteiger partial charge >= 0.3 is 17.9 Å². The summed E-state index contributed by atoms with van der Waals surface area (Å²) in [5.41, 5.74) is 0. The monoisotopic (exact) mass is 1260 g/mol. The highest BCUT2D eigenvalue weighted by Crippen LogP contribution is 2.15. The van der Waals surface area contributed by atoms with Gasteiger partial charge in [-0.3, -0.25) is 9.59 Å². The lowest BCUT2D eigenvalue weighted by Crippen LogP contribution is -2.40. The summed E-state index contributed by atoms with van der Waals surface area (Å²) < 4.78 is 22.9. The number of rotatable bonds is 63. The van der Waals surface area contributed by atoms with Crippen LogP contribution in [0.5, 0.6) is 0 Å². The van der Waals surface area contributed by atoms with Crippen molar-refractivity contribution in [3.05, 3.63) is 194 Å². The fraction of sp³-hybridized carbons (Fsp3) is 0.573. The first kappa shape index (κ1) is 85.1. The van der Waals surface area contributed by atoms with Crippen LogP contribution in [0.1, 0.15) is 245 Å². The number of unbranched alkanes of at least 4 members (excludes halogenated alkanes) is 16. The van der Waals surface area contributed by atoms with Gasteiger partial charge in [-0.05, 0) is 141 Å². The molecule has 0 aromatic rings. The second-order valence-electron chi connectivity index (χ2n) is 24.1. The van der Waals surface area contributed by atoms with Gasteiger partial charge < -0.3 is 28.5 Å². The van der Waals surface area contributed by atoms with E-state index in [1.165, 1.54) is 51.4 Å². The molecule has 0 amide bonds. The molecule has 0 aliphatic rings. The molecular weight excluding hydrogens is 1130 g/mol. The zero-order valence-electron chi connectivity index (χ0n) is 58.2. The molecule has 0 saturated carbocycles. The number of esters is 2. The molecule has 0 heterocycles. The molecule has 0 fully saturated rings. The summed E-state index contributed by atoms with van der Waals surface area (Å²) in [6.07, 6.45) is 105. The van der Waals surface area contributed by atoms with Gasteiger partial charge in [0.1, 0.15) is 13.2 Å². The number of hydrogen-bond donors (Lipinski definition) is 1. The van der Waals surface area contributed by atoms with Crippen LogP contribution < -0.4 is 0 Å². The molecule has 0 aromatic heterocycles. The third-order valence-corrected chi connectivity index (χ3v) is 14.3. The maximum Gasteiger partial charge on any atom is 0.361 e. The first-order valence-corrected chi connectivity index (χ1v) is 35.6. The third-order valence-electron chi connectivity index (χ3n) is 14.3. The van der Waals surface area contributed by atoms with Crippen LogP contribution in [0.2, 0.25) is 0 Å². The van der Waals surface area contributed by atoms with Crippen LogP contribution >= 0.6 is 0 Å². The summed E-state index contributed by atoms with van der Waals surface area (Å²) >= 11 is 0. The molecule has 0 rings (SSSR count). The van der Waals surface area contributed by atoms with Gasteiger partial charge in [-0.1, -0.05) is 285 Å². The molecule has 0 spiro atoms. The first-order chi connectivity index (χ1) is 44.6. The van der Waals surface area contributed by atoms with Crippen LogP contribution in [0.3, 0.4) is 0 Å². The van der Waals surface area contributed by atoms with Crippen LogP contribution in [0.15, 0.2) is 194 Å². The number of carboxylic acids is 1. The number of ether oxygens (including phenoxy) is 4. The van der Waals surface area contributed by atoms with Crippen molar-refractivity contribution in [2.24, 2.45) is 0 Å².